The summed E-state index contributed by atoms with van der Waals surface area (Å²) in [7, 11) is 1.12. The van der Waals surface area contributed by atoms with Crippen LogP contribution in [0.4, 0.5) is 5.82 Å². The van der Waals surface area contributed by atoms with E-state index >= 15 is 0 Å². The number of hydrogen-bond acceptors (Lipinski definition) is 4. The highest BCUT2D eigenvalue weighted by molar-refractivity contribution is 5.88. The zero-order valence-electron chi connectivity index (χ0n) is 24.0. The van der Waals surface area contributed by atoms with Crippen molar-refractivity contribution in [2.45, 2.75) is 26.2 Å². The molecule has 1 saturated heterocycles. The summed E-state index contributed by atoms with van der Waals surface area (Å²) in [5, 5.41) is 0.0318. The van der Waals surface area contributed by atoms with E-state index in [9.17, 15) is 4.79 Å². The van der Waals surface area contributed by atoms with Crippen LogP contribution in [0.15, 0.2) is 12.4 Å². The predicted molar refractivity (Wildman–Crippen MR) is 92.6 cm³/mol. The number of piperidine rings is 1. The van der Waals surface area contributed by atoms with Gasteiger partial charge in [-0.05, 0) is 25.2 Å². The van der Waals surface area contributed by atoms with Crippen LogP contribution in [0.25, 0.3) is 15.9 Å². The molecule has 0 aliphatic carbocycles. The lowest BCUT2D eigenvalue weighted by Crippen LogP contribution is -2.53. The minimum Gasteiger partial charge on any atom is -0.354 e. The molecule has 0 saturated carbocycles. The highest BCUT2D eigenvalue weighted by atomic mass is 16.2. The minimum absolute atomic E-state index is 0.0318. The Morgan fingerprint density at radius 1 is 1.75 bits per heavy atom. The summed E-state index contributed by atoms with van der Waals surface area (Å²) < 4.78 is 92.1. The van der Waals surface area contributed by atoms with E-state index in [4.69, 9.17) is 21.7 Å². The van der Waals surface area contributed by atoms with Crippen molar-refractivity contribution in [1.82, 2.24) is 19.9 Å². The number of anilines is 1. The van der Waals surface area contributed by atoms with E-state index in [1.54, 1.807) is 6.92 Å². The Bertz CT molecular complexity index is 1220. The number of nitrogens with one attached hydrogen (secondary N) is 1. The zero-order valence-corrected chi connectivity index (χ0v) is 13.0. The molecule has 0 bridgehead atoms. The molecule has 2 atom stereocenters. The summed E-state index contributed by atoms with van der Waals surface area (Å²) in [6, 6.07) is -2.48. The van der Waals surface area contributed by atoms with E-state index < -0.39 is 50.6 Å². The first kappa shape index (κ1) is 7.51. The molecule has 24 heavy (non-hydrogen) atoms. The molecule has 126 valence electrons. The number of aromatic amines is 1. The van der Waals surface area contributed by atoms with E-state index in [1.807, 2.05) is 0 Å². The molecule has 1 fully saturated rings. The van der Waals surface area contributed by atoms with Crippen molar-refractivity contribution < 1.29 is 19.9 Å². The van der Waals surface area contributed by atoms with Crippen molar-refractivity contribution in [3.63, 3.8) is 0 Å². The van der Waals surface area contributed by atoms with Gasteiger partial charge in [-0.25, -0.2) is 16.5 Å². The number of carbonyl (C=O) groups is 1. The first-order valence-electron chi connectivity index (χ1n) is 12.5. The summed E-state index contributed by atoms with van der Waals surface area (Å²) in [5.41, 5.74) is 0.500. The number of aryl methyl sites for hydroxylation is 1. The molecule has 1 N–H and O–H groups in total. The van der Waals surface area contributed by atoms with Gasteiger partial charge in [0.15, 0.2) is 0 Å². The molecule has 2 aromatic heterocycles. The largest absolute Gasteiger partial charge is 0.354 e. The van der Waals surface area contributed by atoms with Crippen LogP contribution >= 0.6 is 0 Å². The van der Waals surface area contributed by atoms with E-state index in [-0.39, 0.29) is 27.8 Å². The Kier molecular flexibility index (Phi) is 2.03. The van der Waals surface area contributed by atoms with E-state index in [0.717, 1.165) is 18.3 Å². The highest BCUT2D eigenvalue weighted by Crippen LogP contribution is 2.29. The number of fused-ring (bicyclic) bond motifs is 1. The van der Waals surface area contributed by atoms with Gasteiger partial charge in [-0.2, -0.15) is 0 Å². The molecule has 1 amide bonds. The van der Waals surface area contributed by atoms with Gasteiger partial charge < -0.3 is 19.6 Å². The number of nitrogens with zero attached hydrogens (tertiary/aromatic N) is 5. The maximum absolute atomic E-state index is 12.7. The quantitative estimate of drug-likeness (QED) is 0.868. The molecule has 7 nitrogen and oxygen atoms in total. The molecule has 0 unspecified atom stereocenters. The van der Waals surface area contributed by atoms with E-state index in [1.165, 1.54) is 0 Å². The smallest absolute Gasteiger partial charge is 0.302 e. The maximum Gasteiger partial charge on any atom is 0.302 e. The second kappa shape index (κ2) is 6.48. The van der Waals surface area contributed by atoms with Crippen LogP contribution in [0.3, 0.4) is 0 Å². The molecule has 3 heterocycles. The zero-order chi connectivity index (χ0) is 26.9. The van der Waals surface area contributed by atoms with Crippen LogP contribution in [0.2, 0.25) is 0 Å². The lowest BCUT2D eigenvalue weighted by Gasteiger charge is -2.41. The molecule has 1 aliphatic rings. The standard InChI is InChI=1S/C17H22N6O/c1-11-5-6-23(15(24)8-18-3)9-14(11)22(4)17-13-7-12(2)21-16(13)19-10-20-17/h7,10-11,14H,5-6,8-9H2,1-2,4H3,(H,19,20,21)/t11-,14+/m1/s1/i1D3,5D2,6D2,7D,9D2,11D. The molecule has 2 aromatic rings. The van der Waals surface area contributed by atoms with Crippen LogP contribution in [0.1, 0.15) is 34.0 Å². The Morgan fingerprint density at radius 2 is 2.58 bits per heavy atom. The molecule has 0 aromatic carbocycles. The number of aromatic nitrogens is 3. The first-order valence-corrected chi connectivity index (χ1v) is 6.99. The van der Waals surface area contributed by atoms with Gasteiger partial charge >= 0.3 is 5.91 Å². The molecule has 1 aliphatic heterocycles. The average molecular weight is 337 g/mol. The fourth-order valence-electron chi connectivity index (χ4n) is 2.33. The monoisotopic (exact) mass is 337 g/mol. The van der Waals surface area contributed by atoms with Gasteiger partial charge in [-0.15, -0.1) is 0 Å². The lowest BCUT2D eigenvalue weighted by molar-refractivity contribution is -0.130. The van der Waals surface area contributed by atoms with Gasteiger partial charge in [-0.1, -0.05) is 6.85 Å². The van der Waals surface area contributed by atoms with Crippen LogP contribution in [-0.4, -0.2) is 58.4 Å². The fraction of sp³-hybridized carbons (Fsp3) is 0.529. The second-order valence-electron chi connectivity index (χ2n) is 5.13. The molecular weight excluding hydrogens is 304 g/mol. The van der Waals surface area contributed by atoms with Crippen molar-refractivity contribution in [2.75, 3.05) is 31.5 Å². The topological polar surface area (TPSA) is 69.5 Å². The number of H-pyrrole nitrogens is 1. The number of likely N-dealkylation sites (tertiary alicyclic amines) is 1. The highest BCUT2D eigenvalue weighted by Gasteiger charge is 2.33. The Hall–Kier alpha value is -2.62. The van der Waals surface area contributed by atoms with Gasteiger partial charge in [0.25, 0.3) is 6.54 Å². The van der Waals surface area contributed by atoms with Gasteiger partial charge in [-0.3, -0.25) is 4.79 Å². The van der Waals surface area contributed by atoms with Crippen LogP contribution in [0, 0.1) is 19.4 Å². The van der Waals surface area contributed by atoms with Crippen LogP contribution in [-0.2, 0) is 4.79 Å². The molecular formula is C17H22N6O. The van der Waals surface area contributed by atoms with Crippen LogP contribution < -0.4 is 4.90 Å². The lowest BCUT2D eigenvalue weighted by atomic mass is 9.92. The third-order valence-electron chi connectivity index (χ3n) is 3.46. The average Bonchev–Trinajstić information content (AvgIpc) is 2.99. The molecule has 0 spiro atoms. The first-order chi connectivity index (χ1) is 15.8. The van der Waals surface area contributed by atoms with Gasteiger partial charge in [0.1, 0.15) is 17.8 Å². The van der Waals surface area contributed by atoms with Crippen LogP contribution in [0.5, 0.6) is 0 Å². The predicted octanol–water partition coefficient (Wildman–Crippen LogP) is 1.86. The third-order valence-corrected chi connectivity index (χ3v) is 3.46. The Morgan fingerprint density at radius 3 is 3.33 bits per heavy atom. The van der Waals surface area contributed by atoms with Crippen molar-refractivity contribution >= 4 is 22.8 Å². The van der Waals surface area contributed by atoms with Gasteiger partial charge in [0.2, 0.25) is 0 Å². The summed E-state index contributed by atoms with van der Waals surface area (Å²) in [6.45, 7) is -3.10. The third kappa shape index (κ3) is 2.92. The normalized spacial score (nSPS) is 37.5. The molecule has 3 rings (SSSR count). The van der Waals surface area contributed by atoms with Crippen molar-refractivity contribution in [3.05, 3.63) is 29.5 Å². The van der Waals surface area contributed by atoms with Crippen molar-refractivity contribution in [2.24, 2.45) is 5.89 Å². The van der Waals surface area contributed by atoms with E-state index in [2.05, 4.69) is 19.8 Å². The number of carbonyl (C=O) groups excluding carboxylic acids is 1. The number of rotatable bonds is 3. The van der Waals surface area contributed by atoms with Gasteiger partial charge in [0, 0.05) is 36.7 Å². The molecule has 7 heteroatoms. The van der Waals surface area contributed by atoms with Crippen molar-refractivity contribution in [3.8, 4) is 0 Å². The molecule has 0 radical (unpaired) electrons. The minimum atomic E-state index is -3.67. The van der Waals surface area contributed by atoms with E-state index in [0.29, 0.717) is 5.69 Å². The summed E-state index contributed by atoms with van der Waals surface area (Å²) in [6.07, 6.45) is -2.63. The Labute approximate surface area is 157 Å². The number of amides is 1. The SMILES string of the molecule is [2H]c1c(C)[nH]c2ncnc(N(C)[C@H]3C([2H])([2H])N(C(=O)C[N+]#[C-])C([2H])([2H])C([2H])([2H])[C@@]3([2H])C([2H])([2H])[2H])c12. The van der Waals surface area contributed by atoms with Crippen molar-refractivity contribution in [1.29, 1.82) is 0 Å². The maximum atomic E-state index is 12.7. The second-order valence-corrected chi connectivity index (χ2v) is 5.13. The summed E-state index contributed by atoms with van der Waals surface area (Å²) in [4.78, 5) is 27.1. The number of hydrogen-bond donors (Lipinski definition) is 1. The summed E-state index contributed by atoms with van der Waals surface area (Å²) >= 11 is 0. The Balaban J connectivity index is 2.41. The summed E-state index contributed by atoms with van der Waals surface area (Å²) in [5.74, 6) is -5.15. The fourth-order valence-corrected chi connectivity index (χ4v) is 2.33. The number of likely N-dealkylation sites (N-methyl/N-ethyl adjacent to an activating group) is 1. The van der Waals surface area contributed by atoms with Gasteiger partial charge in [0.05, 0.1) is 15.5 Å².